The van der Waals surface area contributed by atoms with Gasteiger partial charge in [0, 0.05) is 19.2 Å². The number of hydrogen-bond donors (Lipinski definition) is 0. The molecule has 1 saturated carbocycles. The van der Waals surface area contributed by atoms with Gasteiger partial charge in [-0.2, -0.15) is 0 Å². The van der Waals surface area contributed by atoms with Crippen molar-refractivity contribution in [1.82, 2.24) is 0 Å². The van der Waals surface area contributed by atoms with Crippen molar-refractivity contribution in [2.45, 2.75) is 77.9 Å². The van der Waals surface area contributed by atoms with Gasteiger partial charge >= 0.3 is 0 Å². The predicted octanol–water partition coefficient (Wildman–Crippen LogP) is 5.36. The van der Waals surface area contributed by atoms with Crippen LogP contribution in [0.15, 0.2) is 29.3 Å². The van der Waals surface area contributed by atoms with E-state index in [1.54, 1.807) is 7.11 Å². The molecule has 1 aliphatic carbocycles. The Labute approximate surface area is 164 Å². The Morgan fingerprint density at radius 2 is 1.78 bits per heavy atom. The summed E-state index contributed by atoms with van der Waals surface area (Å²) in [6.07, 6.45) is 13.0. The summed E-state index contributed by atoms with van der Waals surface area (Å²) in [6, 6.07) is 4.90. The van der Waals surface area contributed by atoms with Crippen LogP contribution >= 0.6 is 0 Å². The van der Waals surface area contributed by atoms with Gasteiger partial charge in [-0.15, -0.1) is 0 Å². The molecule has 0 aromatic heterocycles. The normalized spacial score (nSPS) is 23.5. The van der Waals surface area contributed by atoms with Crippen molar-refractivity contribution in [1.29, 1.82) is 0 Å². The Bertz CT molecular complexity index is 663. The van der Waals surface area contributed by atoms with Crippen molar-refractivity contribution < 1.29 is 9.47 Å². The van der Waals surface area contributed by atoms with E-state index in [0.717, 1.165) is 12.8 Å². The lowest BCUT2D eigenvalue weighted by atomic mass is 9.80. The zero-order chi connectivity index (χ0) is 19.2. The summed E-state index contributed by atoms with van der Waals surface area (Å²) in [5.74, 6) is 0.630. The van der Waals surface area contributed by atoms with Crippen molar-refractivity contribution in [2.75, 3.05) is 13.9 Å². The van der Waals surface area contributed by atoms with Gasteiger partial charge in [0.05, 0.1) is 6.04 Å². The number of allylic oxidation sites excluding steroid dienone is 1. The molecule has 0 N–H and O–H groups in total. The second-order valence-corrected chi connectivity index (χ2v) is 8.14. The zero-order valence-electron chi connectivity index (χ0n) is 17.5. The molecule has 1 unspecified atom stereocenters. The lowest BCUT2D eigenvalue weighted by Crippen LogP contribution is -2.37. The molecule has 3 heteroatoms. The number of methoxy groups -OCH3 is 1. The van der Waals surface area contributed by atoms with Crippen molar-refractivity contribution in [2.24, 2.45) is 10.9 Å². The lowest BCUT2D eigenvalue weighted by Gasteiger charge is -2.34. The third-order valence-corrected chi connectivity index (χ3v) is 6.16. The summed E-state index contributed by atoms with van der Waals surface area (Å²) in [5.41, 5.74) is 6.81. The molecule has 27 heavy (non-hydrogen) atoms. The molecule has 1 aliphatic heterocycles. The molecule has 1 fully saturated rings. The Kier molecular flexibility index (Phi) is 7.26. The van der Waals surface area contributed by atoms with E-state index in [2.05, 4.69) is 45.1 Å². The smallest absolute Gasteiger partial charge is 0.147 e. The highest BCUT2D eigenvalue weighted by atomic mass is 16.7. The molecule has 0 amide bonds. The van der Waals surface area contributed by atoms with Gasteiger partial charge < -0.3 is 9.47 Å². The molecule has 1 aromatic carbocycles. The molecule has 2 aliphatic rings. The minimum atomic E-state index is 0.0430. The average molecular weight is 370 g/mol. The molecule has 0 radical (unpaired) electrons. The Morgan fingerprint density at radius 1 is 1.07 bits per heavy atom. The zero-order valence-corrected chi connectivity index (χ0v) is 17.5. The second-order valence-electron chi connectivity index (χ2n) is 8.14. The van der Waals surface area contributed by atoms with E-state index in [0.29, 0.717) is 12.7 Å². The third kappa shape index (κ3) is 5.08. The van der Waals surface area contributed by atoms with E-state index < -0.39 is 0 Å². The molecule has 2 atom stereocenters. The highest BCUT2D eigenvalue weighted by Crippen LogP contribution is 2.32. The summed E-state index contributed by atoms with van der Waals surface area (Å²) in [5, 5.41) is 0. The van der Waals surface area contributed by atoms with Gasteiger partial charge in [-0.05, 0) is 67.4 Å². The topological polar surface area (TPSA) is 30.8 Å². The molecular weight excluding hydrogens is 334 g/mol. The number of benzene rings is 1. The first kappa shape index (κ1) is 20.3. The molecule has 1 heterocycles. The van der Waals surface area contributed by atoms with Crippen LogP contribution in [0.5, 0.6) is 0 Å². The van der Waals surface area contributed by atoms with Crippen LogP contribution in [-0.2, 0) is 22.3 Å². The SMILES string of the molecule is CCc1cc(C)c(CC2=NC(C3CCCCC3)[C@H](OCOC)C=C2)c(C)c1. The van der Waals surface area contributed by atoms with Crippen molar-refractivity contribution in [3.05, 3.63) is 46.5 Å². The largest absolute Gasteiger partial charge is 0.359 e. The second kappa shape index (κ2) is 9.66. The molecule has 1 aromatic rings. The first-order valence-electron chi connectivity index (χ1n) is 10.6. The van der Waals surface area contributed by atoms with E-state index in [1.165, 1.54) is 60.1 Å². The minimum absolute atomic E-state index is 0.0430. The summed E-state index contributed by atoms with van der Waals surface area (Å²) in [4.78, 5) is 5.21. The standard InChI is InChI=1S/C24H35NO2/c1-5-19-13-17(2)22(18(3)14-19)15-21-11-12-23(27-16-26-4)24(25-21)20-9-7-6-8-10-20/h11-14,20,23-24H,5-10,15-16H2,1-4H3/t23-,24?/m1/s1. The van der Waals surface area contributed by atoms with E-state index in [4.69, 9.17) is 14.5 Å². The number of nitrogens with zero attached hydrogens (tertiary/aromatic N) is 1. The van der Waals surface area contributed by atoms with E-state index >= 15 is 0 Å². The number of hydrogen-bond acceptors (Lipinski definition) is 3. The average Bonchev–Trinajstić information content (AvgIpc) is 2.70. The number of dihydropyridines is 1. The fraction of sp³-hybridized carbons (Fsp3) is 0.625. The summed E-state index contributed by atoms with van der Waals surface area (Å²) in [6.45, 7) is 7.02. The quantitative estimate of drug-likeness (QED) is 0.606. The first-order valence-corrected chi connectivity index (χ1v) is 10.6. The molecule has 0 bridgehead atoms. The van der Waals surface area contributed by atoms with Crippen LogP contribution in [0.1, 0.15) is 61.3 Å². The van der Waals surface area contributed by atoms with E-state index in [1.807, 2.05) is 0 Å². The summed E-state index contributed by atoms with van der Waals surface area (Å²) < 4.78 is 11.1. The molecule has 0 spiro atoms. The maximum atomic E-state index is 5.96. The number of aryl methyl sites for hydroxylation is 3. The van der Waals surface area contributed by atoms with Crippen LogP contribution in [-0.4, -0.2) is 31.8 Å². The Morgan fingerprint density at radius 3 is 2.41 bits per heavy atom. The van der Waals surface area contributed by atoms with E-state index in [-0.39, 0.29) is 12.1 Å². The van der Waals surface area contributed by atoms with Gasteiger partial charge in [-0.3, -0.25) is 4.99 Å². The van der Waals surface area contributed by atoms with Gasteiger partial charge in [0.1, 0.15) is 12.9 Å². The van der Waals surface area contributed by atoms with Crippen LogP contribution in [0.25, 0.3) is 0 Å². The molecule has 3 rings (SSSR count). The predicted molar refractivity (Wildman–Crippen MR) is 113 cm³/mol. The fourth-order valence-electron chi connectivity index (χ4n) is 4.63. The first-order chi connectivity index (χ1) is 13.1. The molecule has 3 nitrogen and oxygen atoms in total. The molecule has 0 saturated heterocycles. The van der Waals surface area contributed by atoms with Crippen LogP contribution in [0.2, 0.25) is 0 Å². The van der Waals surface area contributed by atoms with Crippen molar-refractivity contribution >= 4 is 5.71 Å². The molecular formula is C24H35NO2. The number of ether oxygens (including phenoxy) is 2. The number of aliphatic imine (C=N–C) groups is 1. The lowest BCUT2D eigenvalue weighted by molar-refractivity contribution is -0.0691. The highest BCUT2D eigenvalue weighted by Gasteiger charge is 2.32. The van der Waals surface area contributed by atoms with Gasteiger partial charge in [-0.25, -0.2) is 0 Å². The summed E-state index contributed by atoms with van der Waals surface area (Å²) >= 11 is 0. The van der Waals surface area contributed by atoms with Crippen LogP contribution in [0.4, 0.5) is 0 Å². The Hall–Kier alpha value is -1.45. The van der Waals surface area contributed by atoms with Gasteiger partial charge in [0.15, 0.2) is 0 Å². The number of rotatable bonds is 7. The van der Waals surface area contributed by atoms with Gasteiger partial charge in [-0.1, -0.05) is 44.4 Å². The third-order valence-electron chi connectivity index (χ3n) is 6.16. The fourth-order valence-corrected chi connectivity index (χ4v) is 4.63. The monoisotopic (exact) mass is 369 g/mol. The summed E-state index contributed by atoms with van der Waals surface area (Å²) in [7, 11) is 1.68. The maximum Gasteiger partial charge on any atom is 0.147 e. The minimum Gasteiger partial charge on any atom is -0.359 e. The highest BCUT2D eigenvalue weighted by molar-refractivity contribution is 5.97. The van der Waals surface area contributed by atoms with Crippen LogP contribution < -0.4 is 0 Å². The van der Waals surface area contributed by atoms with Crippen molar-refractivity contribution in [3.8, 4) is 0 Å². The Balaban J connectivity index is 1.80. The maximum absolute atomic E-state index is 5.96. The van der Waals surface area contributed by atoms with Crippen molar-refractivity contribution in [3.63, 3.8) is 0 Å². The van der Waals surface area contributed by atoms with E-state index in [9.17, 15) is 0 Å². The van der Waals surface area contributed by atoms with Gasteiger partial charge in [0.25, 0.3) is 0 Å². The van der Waals surface area contributed by atoms with Gasteiger partial charge in [0.2, 0.25) is 0 Å². The van der Waals surface area contributed by atoms with Crippen LogP contribution in [0, 0.1) is 19.8 Å². The van der Waals surface area contributed by atoms with Crippen LogP contribution in [0.3, 0.4) is 0 Å². The molecule has 148 valence electrons.